The molecule has 0 aliphatic rings. The third kappa shape index (κ3) is 4.26. The number of aromatic amines is 1. The maximum Gasteiger partial charge on any atom is 0.303 e. The summed E-state index contributed by atoms with van der Waals surface area (Å²) < 4.78 is 24.9. The first-order valence-electron chi connectivity index (χ1n) is 4.50. The van der Waals surface area contributed by atoms with Crippen LogP contribution in [0.5, 0.6) is 0 Å². The lowest BCUT2D eigenvalue weighted by Gasteiger charge is -2.02. The highest BCUT2D eigenvalue weighted by atomic mass is 32.2. The highest BCUT2D eigenvalue weighted by molar-refractivity contribution is 7.92. The number of aryl methyl sites for hydroxylation is 1. The van der Waals surface area contributed by atoms with Gasteiger partial charge in [0.25, 0.3) is 5.95 Å². The van der Waals surface area contributed by atoms with E-state index in [1.807, 2.05) is 0 Å². The third-order valence-electron chi connectivity index (χ3n) is 1.65. The zero-order valence-electron chi connectivity index (χ0n) is 8.60. The zero-order chi connectivity index (χ0) is 12.2. The number of aromatic nitrogens is 3. The van der Waals surface area contributed by atoms with E-state index in [1.165, 1.54) is 0 Å². The number of nitrogens with one attached hydrogen (secondary N) is 2. The standard InChI is InChI=1S/C7H12N4O4S/c1-5-8-7(10-9-5)11-16(14,15)4-2-3-6(12)13/h2-4H2,1H3,(H,12,13)(H2,8,9,10,11). The third-order valence-corrected chi connectivity index (χ3v) is 2.97. The summed E-state index contributed by atoms with van der Waals surface area (Å²) in [6.07, 6.45) is -0.137. The molecule has 0 spiro atoms. The number of rotatable bonds is 6. The largest absolute Gasteiger partial charge is 0.481 e. The number of aliphatic carboxylic acids is 1. The number of anilines is 1. The smallest absolute Gasteiger partial charge is 0.303 e. The molecule has 0 amide bonds. The molecule has 0 radical (unpaired) electrons. The van der Waals surface area contributed by atoms with Gasteiger partial charge in [-0.2, -0.15) is 4.98 Å². The minimum absolute atomic E-state index is 0.0344. The van der Waals surface area contributed by atoms with Gasteiger partial charge in [0.1, 0.15) is 5.82 Å². The number of carboxylic acids is 1. The molecule has 0 unspecified atom stereocenters. The highest BCUT2D eigenvalue weighted by Gasteiger charge is 2.13. The molecule has 90 valence electrons. The van der Waals surface area contributed by atoms with E-state index in [9.17, 15) is 13.2 Å². The van der Waals surface area contributed by atoms with E-state index in [0.717, 1.165) is 0 Å². The Morgan fingerprint density at radius 1 is 1.56 bits per heavy atom. The second-order valence-corrected chi connectivity index (χ2v) is 5.00. The number of carboxylic acid groups (broad SMARTS) is 1. The van der Waals surface area contributed by atoms with Gasteiger partial charge in [-0.05, 0) is 13.3 Å². The number of carbonyl (C=O) groups is 1. The van der Waals surface area contributed by atoms with Crippen molar-refractivity contribution in [3.8, 4) is 0 Å². The average Bonchev–Trinajstić information content (AvgIpc) is 2.48. The van der Waals surface area contributed by atoms with Crippen molar-refractivity contribution in [3.63, 3.8) is 0 Å². The highest BCUT2D eigenvalue weighted by Crippen LogP contribution is 2.03. The lowest BCUT2D eigenvalue weighted by molar-refractivity contribution is -0.137. The molecule has 1 aromatic heterocycles. The van der Waals surface area contributed by atoms with Crippen LogP contribution in [0.3, 0.4) is 0 Å². The molecule has 1 aromatic rings. The maximum absolute atomic E-state index is 11.4. The van der Waals surface area contributed by atoms with Crippen LogP contribution in [-0.4, -0.2) is 40.4 Å². The van der Waals surface area contributed by atoms with Gasteiger partial charge < -0.3 is 5.11 Å². The fraction of sp³-hybridized carbons (Fsp3) is 0.571. The van der Waals surface area contributed by atoms with Crippen molar-refractivity contribution < 1.29 is 18.3 Å². The summed E-state index contributed by atoms with van der Waals surface area (Å²) in [5, 5.41) is 14.4. The van der Waals surface area contributed by atoms with Gasteiger partial charge in [0.15, 0.2) is 0 Å². The van der Waals surface area contributed by atoms with Gasteiger partial charge in [-0.15, -0.1) is 5.10 Å². The molecular formula is C7H12N4O4S. The van der Waals surface area contributed by atoms with E-state index in [-0.39, 0.29) is 24.5 Å². The van der Waals surface area contributed by atoms with Gasteiger partial charge in [0.05, 0.1) is 5.75 Å². The van der Waals surface area contributed by atoms with Crippen LogP contribution < -0.4 is 4.72 Å². The molecule has 3 N–H and O–H groups in total. The quantitative estimate of drug-likeness (QED) is 0.635. The molecule has 1 rings (SSSR count). The number of hydrogen-bond acceptors (Lipinski definition) is 5. The number of nitrogens with zero attached hydrogens (tertiary/aromatic N) is 2. The van der Waals surface area contributed by atoms with Crippen molar-refractivity contribution in [1.82, 2.24) is 15.2 Å². The summed E-state index contributed by atoms with van der Waals surface area (Å²) in [5.74, 6) is -0.840. The van der Waals surface area contributed by atoms with E-state index in [1.54, 1.807) is 6.92 Å². The van der Waals surface area contributed by atoms with Crippen LogP contribution in [0.15, 0.2) is 0 Å². The minimum Gasteiger partial charge on any atom is -0.481 e. The van der Waals surface area contributed by atoms with Gasteiger partial charge in [0.2, 0.25) is 10.0 Å². The first-order chi connectivity index (χ1) is 7.39. The van der Waals surface area contributed by atoms with Gasteiger partial charge in [-0.3, -0.25) is 9.89 Å². The fourth-order valence-corrected chi connectivity index (χ4v) is 1.99. The Labute approximate surface area is 92.1 Å². The topological polar surface area (TPSA) is 125 Å². The molecule has 0 aliphatic carbocycles. The van der Waals surface area contributed by atoms with Crippen molar-refractivity contribution >= 4 is 21.9 Å². The molecule has 0 fully saturated rings. The predicted molar refractivity (Wildman–Crippen MR) is 55.4 cm³/mol. The van der Waals surface area contributed by atoms with Gasteiger partial charge >= 0.3 is 5.97 Å². The van der Waals surface area contributed by atoms with Crippen LogP contribution in [0.4, 0.5) is 5.95 Å². The second kappa shape index (κ2) is 4.92. The van der Waals surface area contributed by atoms with Crippen LogP contribution in [-0.2, 0) is 14.8 Å². The van der Waals surface area contributed by atoms with Crippen LogP contribution >= 0.6 is 0 Å². The SMILES string of the molecule is Cc1nc(NS(=O)(=O)CCCC(=O)O)n[nH]1. The van der Waals surface area contributed by atoms with E-state index in [0.29, 0.717) is 5.82 Å². The molecule has 8 nitrogen and oxygen atoms in total. The first kappa shape index (κ1) is 12.4. The average molecular weight is 248 g/mol. The molecule has 0 aliphatic heterocycles. The maximum atomic E-state index is 11.4. The lowest BCUT2D eigenvalue weighted by atomic mass is 10.3. The van der Waals surface area contributed by atoms with Crippen LogP contribution in [0.2, 0.25) is 0 Å². The molecule has 1 heterocycles. The molecule has 0 atom stereocenters. The molecule has 0 saturated carbocycles. The molecule has 0 saturated heterocycles. The molecular weight excluding hydrogens is 236 g/mol. The normalized spacial score (nSPS) is 11.3. The summed E-state index contributed by atoms with van der Waals surface area (Å²) in [4.78, 5) is 14.0. The van der Waals surface area contributed by atoms with Crippen molar-refractivity contribution in [2.45, 2.75) is 19.8 Å². The Morgan fingerprint density at radius 2 is 2.25 bits per heavy atom. The summed E-state index contributed by atoms with van der Waals surface area (Å²) >= 11 is 0. The van der Waals surface area contributed by atoms with E-state index >= 15 is 0 Å². The lowest BCUT2D eigenvalue weighted by Crippen LogP contribution is -2.18. The number of sulfonamides is 1. The Morgan fingerprint density at radius 3 is 2.75 bits per heavy atom. The number of hydrogen-bond donors (Lipinski definition) is 3. The number of H-pyrrole nitrogens is 1. The molecule has 16 heavy (non-hydrogen) atoms. The van der Waals surface area contributed by atoms with E-state index in [2.05, 4.69) is 19.9 Å². The Kier molecular flexibility index (Phi) is 3.82. The van der Waals surface area contributed by atoms with Crippen molar-refractivity contribution in [2.24, 2.45) is 0 Å². The second-order valence-electron chi connectivity index (χ2n) is 3.16. The molecule has 0 bridgehead atoms. The van der Waals surface area contributed by atoms with Crippen LogP contribution in [0.1, 0.15) is 18.7 Å². The summed E-state index contributed by atoms with van der Waals surface area (Å²) in [6, 6.07) is 0. The van der Waals surface area contributed by atoms with Crippen molar-refractivity contribution in [1.29, 1.82) is 0 Å². The monoisotopic (exact) mass is 248 g/mol. The van der Waals surface area contributed by atoms with Gasteiger partial charge in [0, 0.05) is 6.42 Å². The summed E-state index contributed by atoms with van der Waals surface area (Å²) in [7, 11) is -3.58. The minimum atomic E-state index is -3.58. The van der Waals surface area contributed by atoms with E-state index in [4.69, 9.17) is 5.11 Å². The molecule has 9 heteroatoms. The molecule has 0 aromatic carbocycles. The van der Waals surface area contributed by atoms with Gasteiger partial charge in [-0.25, -0.2) is 13.1 Å². The van der Waals surface area contributed by atoms with Gasteiger partial charge in [-0.1, -0.05) is 0 Å². The van der Waals surface area contributed by atoms with Crippen molar-refractivity contribution in [3.05, 3.63) is 5.82 Å². The zero-order valence-corrected chi connectivity index (χ0v) is 9.41. The van der Waals surface area contributed by atoms with Crippen LogP contribution in [0, 0.1) is 6.92 Å². The van der Waals surface area contributed by atoms with Crippen LogP contribution in [0.25, 0.3) is 0 Å². The first-order valence-corrected chi connectivity index (χ1v) is 6.15. The Bertz CT molecular complexity index is 466. The Hall–Kier alpha value is -1.64. The van der Waals surface area contributed by atoms with E-state index < -0.39 is 16.0 Å². The predicted octanol–water partition coefficient (Wildman–Crippen LogP) is -0.280. The van der Waals surface area contributed by atoms with Crippen molar-refractivity contribution in [2.75, 3.05) is 10.5 Å². The Balaban J connectivity index is 2.49. The summed E-state index contributed by atoms with van der Waals surface area (Å²) in [6.45, 7) is 1.63. The summed E-state index contributed by atoms with van der Waals surface area (Å²) in [5.41, 5.74) is 0. The fourth-order valence-electron chi connectivity index (χ4n) is 0.992.